The topological polar surface area (TPSA) is 84.5 Å². The second kappa shape index (κ2) is 9.54. The fraction of sp³-hybridized carbons (Fsp3) is 0.0500. The number of amides is 1. The molecule has 0 saturated heterocycles. The SMILES string of the molecule is COc1ccc(S(=O)(=O)Nc2ccc(Cl)c(Cl)c2)cc1NC(=O)c1ccc(Cl)cc1Cl. The van der Waals surface area contributed by atoms with Crippen molar-refractivity contribution in [2.45, 2.75) is 4.90 Å². The van der Waals surface area contributed by atoms with E-state index < -0.39 is 15.9 Å². The van der Waals surface area contributed by atoms with E-state index in [0.29, 0.717) is 10.0 Å². The Hall–Kier alpha value is -2.16. The second-order valence-electron chi connectivity index (χ2n) is 6.17. The first-order valence-corrected chi connectivity index (χ1v) is 11.5. The molecule has 3 aromatic carbocycles. The van der Waals surface area contributed by atoms with Crippen LogP contribution in [0.5, 0.6) is 5.75 Å². The van der Waals surface area contributed by atoms with Crippen molar-refractivity contribution in [2.75, 3.05) is 17.1 Å². The van der Waals surface area contributed by atoms with Crippen LogP contribution < -0.4 is 14.8 Å². The summed E-state index contributed by atoms with van der Waals surface area (Å²) in [5, 5.41) is 3.62. The van der Waals surface area contributed by atoms with E-state index in [1.807, 2.05) is 0 Å². The van der Waals surface area contributed by atoms with Crippen LogP contribution in [-0.2, 0) is 10.0 Å². The van der Waals surface area contributed by atoms with Crippen LogP contribution in [0.15, 0.2) is 59.5 Å². The Kier molecular flexibility index (Phi) is 7.24. The number of carbonyl (C=O) groups excluding carboxylic acids is 1. The summed E-state index contributed by atoms with van der Waals surface area (Å²) in [5.74, 6) is -0.307. The molecular weight excluding hydrogens is 506 g/mol. The minimum absolute atomic E-state index is 0.114. The normalized spacial score (nSPS) is 11.1. The summed E-state index contributed by atoms with van der Waals surface area (Å²) in [6.45, 7) is 0. The van der Waals surface area contributed by atoms with Gasteiger partial charge in [0.2, 0.25) is 0 Å². The average Bonchev–Trinajstić information content (AvgIpc) is 2.70. The van der Waals surface area contributed by atoms with E-state index in [1.54, 1.807) is 0 Å². The van der Waals surface area contributed by atoms with Crippen molar-refractivity contribution in [3.8, 4) is 5.75 Å². The van der Waals surface area contributed by atoms with E-state index in [-0.39, 0.29) is 37.6 Å². The predicted octanol–water partition coefficient (Wildman–Crippen LogP) is 6.36. The molecule has 0 aromatic heterocycles. The molecule has 0 unspecified atom stereocenters. The first-order valence-electron chi connectivity index (χ1n) is 8.53. The van der Waals surface area contributed by atoms with E-state index in [1.165, 1.54) is 61.7 Å². The molecule has 0 radical (unpaired) electrons. The number of ether oxygens (including phenoxy) is 1. The van der Waals surface area contributed by atoms with Gasteiger partial charge in [0.1, 0.15) is 5.75 Å². The highest BCUT2D eigenvalue weighted by atomic mass is 35.5. The fourth-order valence-corrected chi connectivity index (χ4v) is 4.46. The maximum absolute atomic E-state index is 12.8. The summed E-state index contributed by atoms with van der Waals surface area (Å²) in [4.78, 5) is 12.5. The molecule has 0 heterocycles. The van der Waals surface area contributed by atoms with E-state index >= 15 is 0 Å². The van der Waals surface area contributed by atoms with Crippen LogP contribution in [0.3, 0.4) is 0 Å². The van der Waals surface area contributed by atoms with Crippen molar-refractivity contribution in [1.82, 2.24) is 0 Å². The Morgan fingerprint density at radius 1 is 0.871 bits per heavy atom. The van der Waals surface area contributed by atoms with E-state index in [4.69, 9.17) is 51.1 Å². The highest BCUT2D eigenvalue weighted by Crippen LogP contribution is 2.31. The van der Waals surface area contributed by atoms with Gasteiger partial charge in [-0.25, -0.2) is 8.42 Å². The highest BCUT2D eigenvalue weighted by Gasteiger charge is 2.19. The van der Waals surface area contributed by atoms with Gasteiger partial charge < -0.3 is 10.1 Å². The van der Waals surface area contributed by atoms with Crippen molar-refractivity contribution >= 4 is 73.7 Å². The molecule has 1 amide bonds. The van der Waals surface area contributed by atoms with Crippen molar-refractivity contribution in [3.05, 3.63) is 80.3 Å². The molecule has 0 spiro atoms. The van der Waals surface area contributed by atoms with Crippen LogP contribution in [0.4, 0.5) is 11.4 Å². The van der Waals surface area contributed by atoms with Crippen LogP contribution in [0, 0.1) is 0 Å². The average molecular weight is 520 g/mol. The standard InChI is InChI=1S/C20H14Cl4N2O4S/c1-30-19-7-4-13(31(28,29)26-12-3-6-15(22)17(24)9-12)10-18(19)25-20(27)14-5-2-11(21)8-16(14)23/h2-10,26H,1H3,(H,25,27). The lowest BCUT2D eigenvalue weighted by Crippen LogP contribution is -2.16. The Morgan fingerprint density at radius 3 is 2.26 bits per heavy atom. The predicted molar refractivity (Wildman–Crippen MR) is 125 cm³/mol. The van der Waals surface area contributed by atoms with Gasteiger partial charge in [-0.1, -0.05) is 46.4 Å². The van der Waals surface area contributed by atoms with Gasteiger partial charge in [0, 0.05) is 5.02 Å². The van der Waals surface area contributed by atoms with Crippen LogP contribution in [-0.4, -0.2) is 21.4 Å². The second-order valence-corrected chi connectivity index (χ2v) is 9.52. The lowest BCUT2D eigenvalue weighted by Gasteiger charge is -2.14. The zero-order valence-corrected chi connectivity index (χ0v) is 19.6. The zero-order chi connectivity index (χ0) is 22.8. The van der Waals surface area contributed by atoms with Gasteiger partial charge in [0.25, 0.3) is 15.9 Å². The van der Waals surface area contributed by atoms with Crippen molar-refractivity contribution in [2.24, 2.45) is 0 Å². The molecule has 0 atom stereocenters. The summed E-state index contributed by atoms with van der Waals surface area (Å²) in [6.07, 6.45) is 0. The summed E-state index contributed by atoms with van der Waals surface area (Å²) >= 11 is 23.7. The van der Waals surface area contributed by atoms with Crippen molar-refractivity contribution in [1.29, 1.82) is 0 Å². The number of hydrogen-bond donors (Lipinski definition) is 2. The summed E-state index contributed by atoms with van der Waals surface area (Å²) < 4.78 is 33.3. The lowest BCUT2D eigenvalue weighted by molar-refractivity contribution is 0.102. The molecule has 31 heavy (non-hydrogen) atoms. The number of benzene rings is 3. The molecule has 3 rings (SSSR count). The van der Waals surface area contributed by atoms with E-state index in [2.05, 4.69) is 10.0 Å². The largest absolute Gasteiger partial charge is 0.495 e. The maximum Gasteiger partial charge on any atom is 0.261 e. The minimum atomic E-state index is -4.01. The number of rotatable bonds is 6. The molecule has 0 aliphatic heterocycles. The molecule has 3 aromatic rings. The maximum atomic E-state index is 12.8. The number of hydrogen-bond acceptors (Lipinski definition) is 4. The quantitative estimate of drug-likeness (QED) is 0.396. The van der Waals surface area contributed by atoms with Crippen LogP contribution >= 0.6 is 46.4 Å². The number of carbonyl (C=O) groups is 1. The number of sulfonamides is 1. The van der Waals surface area contributed by atoms with Crippen molar-refractivity contribution < 1.29 is 17.9 Å². The van der Waals surface area contributed by atoms with Gasteiger partial charge in [0.15, 0.2) is 0 Å². The fourth-order valence-electron chi connectivity index (χ4n) is 2.59. The molecule has 0 fully saturated rings. The smallest absolute Gasteiger partial charge is 0.261 e. The summed E-state index contributed by atoms with van der Waals surface area (Å²) in [6, 6.07) is 12.7. The van der Waals surface area contributed by atoms with Gasteiger partial charge in [-0.2, -0.15) is 0 Å². The van der Waals surface area contributed by atoms with Crippen LogP contribution in [0.2, 0.25) is 20.1 Å². The third-order valence-corrected chi connectivity index (χ3v) is 6.74. The number of methoxy groups -OCH3 is 1. The molecular formula is C20H14Cl4N2O4S. The zero-order valence-electron chi connectivity index (χ0n) is 15.7. The molecule has 2 N–H and O–H groups in total. The highest BCUT2D eigenvalue weighted by molar-refractivity contribution is 7.92. The van der Waals surface area contributed by atoms with Crippen LogP contribution in [0.25, 0.3) is 0 Å². The van der Waals surface area contributed by atoms with Crippen LogP contribution in [0.1, 0.15) is 10.4 Å². The van der Waals surface area contributed by atoms with Gasteiger partial charge in [0.05, 0.1) is 44.0 Å². The van der Waals surface area contributed by atoms with Gasteiger partial charge in [-0.05, 0) is 54.6 Å². The third kappa shape index (κ3) is 5.56. The Balaban J connectivity index is 1.92. The number of halogens is 4. The number of nitrogens with one attached hydrogen (secondary N) is 2. The van der Waals surface area contributed by atoms with Gasteiger partial charge in [-0.15, -0.1) is 0 Å². The first-order chi connectivity index (χ1) is 14.6. The molecule has 0 aliphatic rings. The number of anilines is 2. The summed E-state index contributed by atoms with van der Waals surface area (Å²) in [7, 11) is -2.62. The summed E-state index contributed by atoms with van der Waals surface area (Å²) in [5.41, 5.74) is 0.523. The van der Waals surface area contributed by atoms with E-state index in [9.17, 15) is 13.2 Å². The monoisotopic (exact) mass is 518 g/mol. The third-order valence-electron chi connectivity index (χ3n) is 4.08. The Labute approximate surface area is 199 Å². The molecule has 6 nitrogen and oxygen atoms in total. The molecule has 0 saturated carbocycles. The van der Waals surface area contributed by atoms with Crippen molar-refractivity contribution in [3.63, 3.8) is 0 Å². The van der Waals surface area contributed by atoms with Gasteiger partial charge in [-0.3, -0.25) is 9.52 Å². The minimum Gasteiger partial charge on any atom is -0.495 e. The van der Waals surface area contributed by atoms with E-state index in [0.717, 1.165) is 0 Å². The molecule has 0 aliphatic carbocycles. The lowest BCUT2D eigenvalue weighted by atomic mass is 10.2. The molecule has 162 valence electrons. The first kappa shape index (κ1) is 23.5. The molecule has 0 bridgehead atoms. The van der Waals surface area contributed by atoms with Gasteiger partial charge >= 0.3 is 0 Å². The Bertz CT molecular complexity index is 1270. The Morgan fingerprint density at radius 2 is 1.61 bits per heavy atom. The molecule has 11 heteroatoms.